The van der Waals surface area contributed by atoms with Crippen LogP contribution >= 0.6 is 0 Å². The van der Waals surface area contributed by atoms with Gasteiger partial charge in [-0.1, -0.05) is 0 Å². The van der Waals surface area contributed by atoms with Crippen molar-refractivity contribution in [2.24, 2.45) is 0 Å². The van der Waals surface area contributed by atoms with Crippen molar-refractivity contribution in [3.63, 3.8) is 0 Å². The lowest BCUT2D eigenvalue weighted by molar-refractivity contribution is -0.390. The normalized spacial score (nSPS) is 9.67. The van der Waals surface area contributed by atoms with E-state index in [4.69, 9.17) is 9.84 Å². The molecule has 0 radical (unpaired) electrons. The van der Waals surface area contributed by atoms with Gasteiger partial charge in [0.25, 0.3) is 0 Å². The first kappa shape index (κ1) is 10.9. The van der Waals surface area contributed by atoms with Crippen LogP contribution in [0.25, 0.3) is 0 Å². The lowest BCUT2D eigenvalue weighted by atomic mass is 10.3. The second-order valence-corrected chi connectivity index (χ2v) is 2.54. The fraction of sp³-hybridized carbons (Fsp3) is 0.250. The van der Waals surface area contributed by atoms with Gasteiger partial charge in [0.1, 0.15) is 5.56 Å². The topological polar surface area (TPSA) is 103 Å². The molecule has 1 aromatic heterocycles. The molecule has 0 fully saturated rings. The highest BCUT2D eigenvalue weighted by atomic mass is 16.6. The highest BCUT2D eigenvalue weighted by molar-refractivity contribution is 5.88. The molecule has 0 saturated carbocycles. The van der Waals surface area contributed by atoms with Crippen LogP contribution in [0.4, 0.5) is 5.82 Å². The molecule has 0 aliphatic carbocycles. The minimum Gasteiger partial charge on any atom is -0.486 e. The lowest BCUT2D eigenvalue weighted by Gasteiger charge is -2.03. The van der Waals surface area contributed by atoms with E-state index in [0.29, 0.717) is 0 Å². The van der Waals surface area contributed by atoms with Gasteiger partial charge in [0.2, 0.25) is 5.75 Å². The molecule has 0 aliphatic heterocycles. The van der Waals surface area contributed by atoms with Crippen LogP contribution in [-0.2, 0) is 0 Å². The van der Waals surface area contributed by atoms with E-state index in [9.17, 15) is 14.9 Å². The number of ether oxygens (including phenoxy) is 1. The molecule has 15 heavy (non-hydrogen) atoms. The Hall–Kier alpha value is -2.18. The van der Waals surface area contributed by atoms with E-state index < -0.39 is 16.7 Å². The molecule has 0 amide bonds. The van der Waals surface area contributed by atoms with Crippen LogP contribution in [-0.4, -0.2) is 27.6 Å². The van der Waals surface area contributed by atoms with E-state index in [0.717, 1.165) is 12.3 Å². The van der Waals surface area contributed by atoms with Crippen molar-refractivity contribution in [3.05, 3.63) is 27.9 Å². The van der Waals surface area contributed by atoms with Crippen LogP contribution in [0.3, 0.4) is 0 Å². The summed E-state index contributed by atoms with van der Waals surface area (Å²) in [6.45, 7) is 1.84. The van der Waals surface area contributed by atoms with Crippen molar-refractivity contribution in [3.8, 4) is 5.75 Å². The third kappa shape index (κ3) is 2.39. The van der Waals surface area contributed by atoms with E-state index in [1.165, 1.54) is 0 Å². The second-order valence-electron chi connectivity index (χ2n) is 2.54. The Morgan fingerprint density at radius 2 is 2.40 bits per heavy atom. The smallest absolute Gasteiger partial charge is 0.406 e. The van der Waals surface area contributed by atoms with Crippen molar-refractivity contribution in [1.29, 1.82) is 0 Å². The molecule has 1 heterocycles. The largest absolute Gasteiger partial charge is 0.486 e. The Kier molecular flexibility index (Phi) is 3.17. The zero-order valence-corrected chi connectivity index (χ0v) is 7.84. The Balaban J connectivity index is 3.20. The summed E-state index contributed by atoms with van der Waals surface area (Å²) >= 11 is 0. The van der Waals surface area contributed by atoms with Crippen LogP contribution in [0.15, 0.2) is 12.3 Å². The predicted octanol–water partition coefficient (Wildman–Crippen LogP) is 1.09. The molecule has 0 atom stereocenters. The predicted molar refractivity (Wildman–Crippen MR) is 49.0 cm³/mol. The molecule has 7 nitrogen and oxygen atoms in total. The molecule has 1 N–H and O–H groups in total. The SMILES string of the molecule is CCOc1cc(C(=O)O)cnc1[N+](=O)[O-]. The number of hydrogen-bond donors (Lipinski definition) is 1. The number of hydrogen-bond acceptors (Lipinski definition) is 5. The fourth-order valence-electron chi connectivity index (χ4n) is 0.953. The number of pyridine rings is 1. The fourth-order valence-corrected chi connectivity index (χ4v) is 0.953. The quantitative estimate of drug-likeness (QED) is 0.591. The van der Waals surface area contributed by atoms with Gasteiger partial charge < -0.3 is 20.0 Å². The summed E-state index contributed by atoms with van der Waals surface area (Å²) in [5.74, 6) is -1.83. The van der Waals surface area contributed by atoms with Gasteiger partial charge in [-0.3, -0.25) is 0 Å². The van der Waals surface area contributed by atoms with Crippen molar-refractivity contribution in [2.75, 3.05) is 6.61 Å². The Morgan fingerprint density at radius 3 is 2.87 bits per heavy atom. The van der Waals surface area contributed by atoms with E-state index in [2.05, 4.69) is 4.98 Å². The minimum atomic E-state index is -1.21. The molecule has 1 aromatic rings. The van der Waals surface area contributed by atoms with Crippen molar-refractivity contribution >= 4 is 11.8 Å². The summed E-state index contributed by atoms with van der Waals surface area (Å²) in [5, 5.41) is 19.1. The molecule has 0 aromatic carbocycles. The third-order valence-corrected chi connectivity index (χ3v) is 1.55. The maximum absolute atomic E-state index is 10.6. The van der Waals surface area contributed by atoms with Crippen LogP contribution in [0.2, 0.25) is 0 Å². The summed E-state index contributed by atoms with van der Waals surface area (Å²) < 4.78 is 4.92. The first-order valence-electron chi connectivity index (χ1n) is 4.06. The molecular weight excluding hydrogens is 204 g/mol. The molecule has 80 valence electrons. The van der Waals surface area contributed by atoms with Crippen LogP contribution in [0.5, 0.6) is 5.75 Å². The Morgan fingerprint density at radius 1 is 1.73 bits per heavy atom. The van der Waals surface area contributed by atoms with Gasteiger partial charge >= 0.3 is 11.8 Å². The molecule has 1 rings (SSSR count). The van der Waals surface area contributed by atoms with Gasteiger partial charge in [0.15, 0.2) is 6.20 Å². The third-order valence-electron chi connectivity index (χ3n) is 1.55. The highest BCUT2D eigenvalue weighted by Gasteiger charge is 2.19. The molecular formula is C8H8N2O5. The standard InChI is InChI=1S/C8H8N2O5/c1-2-15-6-3-5(8(11)12)4-9-7(6)10(13)14/h3-4H,2H2,1H3,(H,11,12). The van der Waals surface area contributed by atoms with Gasteiger partial charge in [-0.05, 0) is 16.8 Å². The zero-order valence-electron chi connectivity index (χ0n) is 7.84. The number of carbonyl (C=O) groups is 1. The first-order valence-corrected chi connectivity index (χ1v) is 4.06. The number of aromatic nitrogens is 1. The van der Waals surface area contributed by atoms with Crippen LogP contribution in [0, 0.1) is 10.1 Å². The van der Waals surface area contributed by atoms with Crippen LogP contribution < -0.4 is 4.74 Å². The molecule has 0 aliphatic rings. The molecule has 0 bridgehead atoms. The molecule has 7 heteroatoms. The monoisotopic (exact) mass is 212 g/mol. The second kappa shape index (κ2) is 4.36. The van der Waals surface area contributed by atoms with Crippen molar-refractivity contribution < 1.29 is 19.6 Å². The van der Waals surface area contributed by atoms with Crippen LogP contribution in [0.1, 0.15) is 17.3 Å². The number of carboxylic acid groups (broad SMARTS) is 1. The minimum absolute atomic E-state index is 0.137. The number of rotatable bonds is 4. The lowest BCUT2D eigenvalue weighted by Crippen LogP contribution is -2.03. The van der Waals surface area contributed by atoms with E-state index in [-0.39, 0.29) is 17.9 Å². The zero-order chi connectivity index (χ0) is 11.4. The van der Waals surface area contributed by atoms with Crippen molar-refractivity contribution in [2.45, 2.75) is 6.92 Å². The van der Waals surface area contributed by atoms with Gasteiger partial charge in [0, 0.05) is 6.07 Å². The number of carboxylic acids is 1. The van der Waals surface area contributed by atoms with Crippen molar-refractivity contribution in [1.82, 2.24) is 4.98 Å². The maximum Gasteiger partial charge on any atom is 0.406 e. The summed E-state index contributed by atoms with van der Waals surface area (Å²) in [6, 6.07) is 1.08. The number of nitrogens with zero attached hydrogens (tertiary/aromatic N) is 2. The van der Waals surface area contributed by atoms with Gasteiger partial charge in [0.05, 0.1) is 6.61 Å². The average Bonchev–Trinajstić information content (AvgIpc) is 2.17. The van der Waals surface area contributed by atoms with Gasteiger partial charge in [-0.15, -0.1) is 0 Å². The van der Waals surface area contributed by atoms with E-state index in [1.54, 1.807) is 6.92 Å². The number of nitro groups is 1. The van der Waals surface area contributed by atoms with E-state index >= 15 is 0 Å². The van der Waals surface area contributed by atoms with Gasteiger partial charge in [-0.2, -0.15) is 0 Å². The Labute approximate surface area is 84.5 Å². The summed E-state index contributed by atoms with van der Waals surface area (Å²) in [5.41, 5.74) is -0.149. The summed E-state index contributed by atoms with van der Waals surface area (Å²) in [7, 11) is 0. The van der Waals surface area contributed by atoms with Gasteiger partial charge in [-0.25, -0.2) is 4.79 Å². The van der Waals surface area contributed by atoms with E-state index in [1.807, 2.05) is 0 Å². The maximum atomic E-state index is 10.6. The molecule has 0 saturated heterocycles. The highest BCUT2D eigenvalue weighted by Crippen LogP contribution is 2.24. The number of aromatic carboxylic acids is 1. The summed E-state index contributed by atoms with van der Waals surface area (Å²) in [6.07, 6.45) is 0.920. The molecule has 0 unspecified atom stereocenters. The summed E-state index contributed by atoms with van der Waals surface area (Å²) in [4.78, 5) is 23.8. The molecule has 0 spiro atoms. The average molecular weight is 212 g/mol. The Bertz CT molecular complexity index is 404. The first-order chi connectivity index (χ1) is 7.06.